The van der Waals surface area contributed by atoms with E-state index in [2.05, 4.69) is 10.6 Å². The van der Waals surface area contributed by atoms with Crippen LogP contribution >= 0.6 is 11.6 Å². The molecule has 1 aromatic rings. The van der Waals surface area contributed by atoms with Crippen LogP contribution in [0.4, 0.5) is 14.9 Å². The van der Waals surface area contributed by atoms with E-state index in [4.69, 9.17) is 16.3 Å². The normalized spacial score (nSPS) is 17.6. The molecule has 0 unspecified atom stereocenters. The first kappa shape index (κ1) is 15.0. The first-order valence-electron chi connectivity index (χ1n) is 6.29. The van der Waals surface area contributed by atoms with Crippen molar-refractivity contribution >= 4 is 23.3 Å². The van der Waals surface area contributed by atoms with Crippen LogP contribution in [0.25, 0.3) is 0 Å². The van der Waals surface area contributed by atoms with Crippen molar-refractivity contribution in [3.8, 4) is 0 Å². The van der Waals surface area contributed by atoms with Crippen LogP contribution in [-0.2, 0) is 4.74 Å². The second-order valence-corrected chi connectivity index (χ2v) is 5.15. The highest BCUT2D eigenvalue weighted by Crippen LogP contribution is 2.22. The zero-order valence-corrected chi connectivity index (χ0v) is 11.5. The molecular weight excluding hydrogens is 287 g/mol. The number of anilines is 1. The van der Waals surface area contributed by atoms with Gasteiger partial charge in [0, 0.05) is 32.6 Å². The molecule has 7 heteroatoms. The minimum absolute atomic E-state index is 0.00559. The Morgan fingerprint density at radius 3 is 2.85 bits per heavy atom. The molecule has 0 bridgehead atoms. The molecule has 0 atom stereocenters. The molecule has 0 aromatic heterocycles. The molecule has 0 aliphatic carbocycles. The van der Waals surface area contributed by atoms with E-state index in [0.717, 1.165) is 0 Å². The average molecular weight is 303 g/mol. The fourth-order valence-electron chi connectivity index (χ4n) is 1.94. The molecule has 1 heterocycles. The van der Waals surface area contributed by atoms with E-state index >= 15 is 0 Å². The molecule has 1 aliphatic heterocycles. The minimum atomic E-state index is -0.970. The van der Waals surface area contributed by atoms with Crippen molar-refractivity contribution in [2.45, 2.75) is 18.4 Å². The Labute approximate surface area is 121 Å². The molecule has 3 N–H and O–H groups in total. The Bertz CT molecular complexity index is 493. The zero-order chi connectivity index (χ0) is 14.6. The predicted octanol–water partition coefficient (Wildman–Crippen LogP) is 2.14. The number of carbonyl (C=O) groups excluding carboxylic acids is 1. The van der Waals surface area contributed by atoms with Crippen molar-refractivity contribution in [1.82, 2.24) is 5.32 Å². The third kappa shape index (κ3) is 3.82. The maximum Gasteiger partial charge on any atom is 0.319 e. The van der Waals surface area contributed by atoms with Crippen molar-refractivity contribution in [3.63, 3.8) is 0 Å². The van der Waals surface area contributed by atoms with E-state index in [1.807, 2.05) is 0 Å². The van der Waals surface area contributed by atoms with Gasteiger partial charge in [-0.05, 0) is 12.1 Å². The lowest BCUT2D eigenvalue weighted by atomic mass is 9.94. The second-order valence-electron chi connectivity index (χ2n) is 4.75. The van der Waals surface area contributed by atoms with E-state index in [9.17, 15) is 14.3 Å². The Kier molecular flexibility index (Phi) is 4.80. The van der Waals surface area contributed by atoms with Gasteiger partial charge in [0.25, 0.3) is 0 Å². The second kappa shape index (κ2) is 6.39. The van der Waals surface area contributed by atoms with E-state index < -0.39 is 17.4 Å². The summed E-state index contributed by atoms with van der Waals surface area (Å²) in [5.74, 6) is -0.686. The molecule has 110 valence electrons. The molecular formula is C13H16ClFN2O3. The summed E-state index contributed by atoms with van der Waals surface area (Å²) in [6.45, 7) is 1.01. The molecule has 0 radical (unpaired) electrons. The Hall–Kier alpha value is -1.37. The summed E-state index contributed by atoms with van der Waals surface area (Å²) in [4.78, 5) is 11.7. The monoisotopic (exact) mass is 302 g/mol. The predicted molar refractivity (Wildman–Crippen MR) is 73.4 cm³/mol. The number of urea groups is 1. The highest BCUT2D eigenvalue weighted by atomic mass is 35.5. The number of halogens is 2. The van der Waals surface area contributed by atoms with Crippen molar-refractivity contribution in [2.75, 3.05) is 25.1 Å². The number of carbonyl (C=O) groups is 1. The molecule has 1 saturated heterocycles. The van der Waals surface area contributed by atoms with Crippen molar-refractivity contribution < 1.29 is 19.0 Å². The summed E-state index contributed by atoms with van der Waals surface area (Å²) in [6.07, 6.45) is 0.914. The fourth-order valence-corrected chi connectivity index (χ4v) is 2.11. The molecule has 20 heavy (non-hydrogen) atoms. The molecule has 2 amide bonds. The van der Waals surface area contributed by atoms with Gasteiger partial charge in [-0.15, -0.1) is 0 Å². The number of benzene rings is 1. The van der Waals surface area contributed by atoms with Crippen LogP contribution in [0.3, 0.4) is 0 Å². The Balaban J connectivity index is 1.88. The highest BCUT2D eigenvalue weighted by molar-refractivity contribution is 6.31. The first-order valence-corrected chi connectivity index (χ1v) is 6.67. The summed E-state index contributed by atoms with van der Waals surface area (Å²) in [7, 11) is 0. The van der Waals surface area contributed by atoms with Gasteiger partial charge in [0.2, 0.25) is 0 Å². The lowest BCUT2D eigenvalue weighted by Crippen LogP contribution is -2.47. The maximum atomic E-state index is 13.6. The number of rotatable bonds is 3. The number of amides is 2. The number of ether oxygens (including phenoxy) is 1. The molecule has 5 nitrogen and oxygen atoms in total. The molecule has 1 fully saturated rings. The standard InChI is InChI=1S/C13H16ClFN2O3/c14-9-2-1-3-10(11(9)15)17-12(18)16-8-13(19)4-6-20-7-5-13/h1-3,19H,4-8H2,(H2,16,17,18). The van der Waals surface area contributed by atoms with Crippen LogP contribution in [-0.4, -0.2) is 36.5 Å². The summed E-state index contributed by atoms with van der Waals surface area (Å²) in [6, 6.07) is 3.74. The smallest absolute Gasteiger partial charge is 0.319 e. The number of aliphatic hydroxyl groups is 1. The molecule has 1 aliphatic rings. The minimum Gasteiger partial charge on any atom is -0.388 e. The fraction of sp³-hybridized carbons (Fsp3) is 0.462. The topological polar surface area (TPSA) is 70.6 Å². The van der Waals surface area contributed by atoms with Crippen molar-refractivity contribution in [2.24, 2.45) is 0 Å². The molecule has 2 rings (SSSR count). The van der Waals surface area contributed by atoms with Gasteiger partial charge in [0.1, 0.15) is 0 Å². The third-order valence-corrected chi connectivity index (χ3v) is 3.49. The van der Waals surface area contributed by atoms with Gasteiger partial charge in [-0.25, -0.2) is 9.18 Å². The van der Waals surface area contributed by atoms with Gasteiger partial charge in [-0.1, -0.05) is 17.7 Å². The Morgan fingerprint density at radius 1 is 1.45 bits per heavy atom. The Morgan fingerprint density at radius 2 is 2.15 bits per heavy atom. The van der Waals surface area contributed by atoms with Gasteiger partial charge in [-0.2, -0.15) is 0 Å². The lowest BCUT2D eigenvalue weighted by Gasteiger charge is -2.32. The number of nitrogens with one attached hydrogen (secondary N) is 2. The third-order valence-electron chi connectivity index (χ3n) is 3.20. The van der Waals surface area contributed by atoms with Crippen LogP contribution in [0, 0.1) is 5.82 Å². The van der Waals surface area contributed by atoms with E-state index in [1.54, 1.807) is 0 Å². The van der Waals surface area contributed by atoms with Crippen LogP contribution in [0.1, 0.15) is 12.8 Å². The summed E-state index contributed by atoms with van der Waals surface area (Å²) in [5.41, 5.74) is -0.975. The number of hydrogen-bond acceptors (Lipinski definition) is 3. The quantitative estimate of drug-likeness (QED) is 0.801. The first-order chi connectivity index (χ1) is 9.50. The van der Waals surface area contributed by atoms with Gasteiger partial charge in [-0.3, -0.25) is 0 Å². The van der Waals surface area contributed by atoms with Crippen LogP contribution in [0.5, 0.6) is 0 Å². The number of hydrogen-bond donors (Lipinski definition) is 3. The van der Waals surface area contributed by atoms with Crippen LogP contribution in [0.15, 0.2) is 18.2 Å². The SMILES string of the molecule is O=C(NCC1(O)CCOCC1)Nc1cccc(Cl)c1F. The van der Waals surface area contributed by atoms with E-state index in [1.165, 1.54) is 18.2 Å². The summed E-state index contributed by atoms with van der Waals surface area (Å²) >= 11 is 5.62. The van der Waals surface area contributed by atoms with E-state index in [-0.39, 0.29) is 17.3 Å². The van der Waals surface area contributed by atoms with Gasteiger partial charge < -0.3 is 20.5 Å². The highest BCUT2D eigenvalue weighted by Gasteiger charge is 2.30. The van der Waals surface area contributed by atoms with Crippen molar-refractivity contribution in [3.05, 3.63) is 29.0 Å². The summed E-state index contributed by atoms with van der Waals surface area (Å²) in [5, 5.41) is 15.0. The van der Waals surface area contributed by atoms with Crippen LogP contribution < -0.4 is 10.6 Å². The molecule has 0 spiro atoms. The van der Waals surface area contributed by atoms with Crippen LogP contribution in [0.2, 0.25) is 5.02 Å². The average Bonchev–Trinajstić information content (AvgIpc) is 2.43. The molecule has 1 aromatic carbocycles. The van der Waals surface area contributed by atoms with Gasteiger partial charge >= 0.3 is 6.03 Å². The van der Waals surface area contributed by atoms with Gasteiger partial charge in [0.15, 0.2) is 5.82 Å². The largest absolute Gasteiger partial charge is 0.388 e. The zero-order valence-electron chi connectivity index (χ0n) is 10.8. The maximum absolute atomic E-state index is 13.6. The molecule has 0 saturated carbocycles. The van der Waals surface area contributed by atoms with E-state index in [0.29, 0.717) is 26.1 Å². The summed E-state index contributed by atoms with van der Waals surface area (Å²) < 4.78 is 18.7. The van der Waals surface area contributed by atoms with Gasteiger partial charge in [0.05, 0.1) is 16.3 Å². The lowest BCUT2D eigenvalue weighted by molar-refractivity contribution is -0.0598. The van der Waals surface area contributed by atoms with Crippen molar-refractivity contribution in [1.29, 1.82) is 0 Å².